The van der Waals surface area contributed by atoms with Crippen molar-refractivity contribution in [3.63, 3.8) is 0 Å². The summed E-state index contributed by atoms with van der Waals surface area (Å²) in [5, 5.41) is 11.0. The molecule has 3 aromatic carbocycles. The molecule has 1 N–H and O–H groups in total. The molecule has 0 amide bonds. The van der Waals surface area contributed by atoms with E-state index in [9.17, 15) is 5.11 Å². The molecule has 0 saturated carbocycles. The van der Waals surface area contributed by atoms with Gasteiger partial charge in [-0.25, -0.2) is 4.98 Å². The van der Waals surface area contributed by atoms with Gasteiger partial charge in [0.15, 0.2) is 0 Å². The number of rotatable bonds is 4. The van der Waals surface area contributed by atoms with Crippen LogP contribution in [0.15, 0.2) is 84.9 Å². The highest BCUT2D eigenvalue weighted by molar-refractivity contribution is 5.76. The fourth-order valence-corrected chi connectivity index (χ4v) is 3.33. The van der Waals surface area contributed by atoms with Crippen molar-refractivity contribution in [2.75, 3.05) is 0 Å². The number of nitrogens with zero attached hydrogens (tertiary/aromatic N) is 2. The zero-order valence-electron chi connectivity index (χ0n) is 14.1. The number of para-hydroxylation sites is 2. The monoisotopic (exact) mass is 328 g/mol. The maximum Gasteiger partial charge on any atom is 0.144 e. The van der Waals surface area contributed by atoms with Gasteiger partial charge >= 0.3 is 0 Å². The summed E-state index contributed by atoms with van der Waals surface area (Å²) in [6.45, 7) is 2.14. The molecule has 3 nitrogen and oxygen atoms in total. The molecule has 0 unspecified atom stereocenters. The molecule has 4 aromatic rings. The second-order valence-corrected chi connectivity index (χ2v) is 6.23. The second-order valence-electron chi connectivity index (χ2n) is 6.23. The van der Waals surface area contributed by atoms with Gasteiger partial charge in [0.05, 0.1) is 17.1 Å². The standard InChI is InChI=1S/C22H20N2O/c1-16(17-10-4-2-5-11-17)24-20-15-9-8-14-19(20)23-22(24)21(25)18-12-6-3-7-13-18/h2-16,21,25H,1H3/t16-,21-/m1/s1. The minimum Gasteiger partial charge on any atom is -0.380 e. The Balaban J connectivity index is 1.90. The van der Waals surface area contributed by atoms with Crippen LogP contribution in [-0.4, -0.2) is 14.7 Å². The van der Waals surface area contributed by atoms with Crippen molar-refractivity contribution in [3.05, 3.63) is 102 Å². The van der Waals surface area contributed by atoms with Gasteiger partial charge in [-0.1, -0.05) is 72.8 Å². The van der Waals surface area contributed by atoms with Gasteiger partial charge < -0.3 is 9.67 Å². The third kappa shape index (κ3) is 2.83. The lowest BCUT2D eigenvalue weighted by Gasteiger charge is -2.21. The van der Waals surface area contributed by atoms with Crippen LogP contribution in [0.1, 0.15) is 36.0 Å². The van der Waals surface area contributed by atoms with Crippen LogP contribution in [0.2, 0.25) is 0 Å². The van der Waals surface area contributed by atoms with Crippen molar-refractivity contribution in [2.45, 2.75) is 19.1 Å². The Kier molecular flexibility index (Phi) is 4.08. The smallest absolute Gasteiger partial charge is 0.144 e. The third-order valence-corrected chi connectivity index (χ3v) is 4.65. The predicted molar refractivity (Wildman–Crippen MR) is 100 cm³/mol. The summed E-state index contributed by atoms with van der Waals surface area (Å²) in [6.07, 6.45) is -0.764. The molecule has 0 saturated heterocycles. The average Bonchev–Trinajstić information content (AvgIpc) is 3.07. The minimum atomic E-state index is -0.764. The van der Waals surface area contributed by atoms with E-state index in [2.05, 4.69) is 29.7 Å². The highest BCUT2D eigenvalue weighted by atomic mass is 16.3. The Hall–Kier alpha value is -2.91. The van der Waals surface area contributed by atoms with Crippen molar-refractivity contribution >= 4 is 11.0 Å². The van der Waals surface area contributed by atoms with Gasteiger partial charge in [0, 0.05) is 0 Å². The lowest BCUT2D eigenvalue weighted by atomic mass is 10.1. The van der Waals surface area contributed by atoms with E-state index in [1.165, 1.54) is 5.56 Å². The molecular formula is C22H20N2O. The quantitative estimate of drug-likeness (QED) is 0.588. The molecule has 0 fully saturated rings. The van der Waals surface area contributed by atoms with Crippen LogP contribution >= 0.6 is 0 Å². The third-order valence-electron chi connectivity index (χ3n) is 4.65. The largest absolute Gasteiger partial charge is 0.380 e. The Morgan fingerprint density at radius 2 is 1.32 bits per heavy atom. The number of hydrogen-bond donors (Lipinski definition) is 1. The first-order chi connectivity index (χ1) is 12.3. The van der Waals surface area contributed by atoms with E-state index >= 15 is 0 Å². The number of benzene rings is 3. The lowest BCUT2D eigenvalue weighted by Crippen LogP contribution is -2.14. The van der Waals surface area contributed by atoms with E-state index in [-0.39, 0.29) is 6.04 Å². The molecule has 0 aliphatic rings. The van der Waals surface area contributed by atoms with Gasteiger partial charge in [0.1, 0.15) is 11.9 Å². The topological polar surface area (TPSA) is 38.0 Å². The zero-order chi connectivity index (χ0) is 17.2. The Bertz CT molecular complexity index is 977. The summed E-state index contributed by atoms with van der Waals surface area (Å²) in [4.78, 5) is 4.75. The molecule has 3 heteroatoms. The van der Waals surface area contributed by atoms with Crippen LogP contribution in [0.5, 0.6) is 0 Å². The van der Waals surface area contributed by atoms with Crippen molar-refractivity contribution in [3.8, 4) is 0 Å². The molecule has 4 rings (SSSR count). The SMILES string of the molecule is C[C@H](c1ccccc1)n1c([C@H](O)c2ccccc2)nc2ccccc21. The number of aromatic nitrogens is 2. The Labute approximate surface area is 147 Å². The van der Waals surface area contributed by atoms with Crippen LogP contribution in [0.4, 0.5) is 0 Å². The van der Waals surface area contributed by atoms with Gasteiger partial charge in [-0.3, -0.25) is 0 Å². The molecule has 0 bridgehead atoms. The first-order valence-corrected chi connectivity index (χ1v) is 8.50. The van der Waals surface area contributed by atoms with Crippen LogP contribution in [-0.2, 0) is 0 Å². The lowest BCUT2D eigenvalue weighted by molar-refractivity contribution is 0.204. The molecule has 1 heterocycles. The fourth-order valence-electron chi connectivity index (χ4n) is 3.33. The summed E-state index contributed by atoms with van der Waals surface area (Å²) >= 11 is 0. The zero-order valence-corrected chi connectivity index (χ0v) is 14.1. The molecular weight excluding hydrogens is 308 g/mol. The summed E-state index contributed by atoms with van der Waals surface area (Å²) in [5.41, 5.74) is 3.96. The van der Waals surface area contributed by atoms with Crippen molar-refractivity contribution < 1.29 is 5.11 Å². The number of imidazole rings is 1. The Morgan fingerprint density at radius 3 is 2.00 bits per heavy atom. The van der Waals surface area contributed by atoms with Crippen LogP contribution < -0.4 is 0 Å². The first-order valence-electron chi connectivity index (χ1n) is 8.50. The summed E-state index contributed by atoms with van der Waals surface area (Å²) in [7, 11) is 0. The molecule has 2 atom stereocenters. The second kappa shape index (κ2) is 6.54. The highest BCUT2D eigenvalue weighted by Crippen LogP contribution is 2.31. The van der Waals surface area contributed by atoms with Crippen molar-refractivity contribution in [2.24, 2.45) is 0 Å². The van der Waals surface area contributed by atoms with Crippen LogP contribution in [0.25, 0.3) is 11.0 Å². The van der Waals surface area contributed by atoms with Crippen LogP contribution in [0.3, 0.4) is 0 Å². The highest BCUT2D eigenvalue weighted by Gasteiger charge is 2.23. The van der Waals surface area contributed by atoms with Crippen molar-refractivity contribution in [1.29, 1.82) is 0 Å². The van der Waals surface area contributed by atoms with Gasteiger partial charge in [-0.05, 0) is 30.2 Å². The molecule has 0 aliphatic heterocycles. The average molecular weight is 328 g/mol. The molecule has 0 spiro atoms. The number of aliphatic hydroxyl groups is 1. The van der Waals surface area contributed by atoms with E-state index in [4.69, 9.17) is 4.98 Å². The fraction of sp³-hybridized carbons (Fsp3) is 0.136. The van der Waals surface area contributed by atoms with E-state index < -0.39 is 6.10 Å². The number of aliphatic hydroxyl groups excluding tert-OH is 1. The van der Waals surface area contributed by atoms with Crippen molar-refractivity contribution in [1.82, 2.24) is 9.55 Å². The van der Waals surface area contributed by atoms with Gasteiger partial charge in [0.2, 0.25) is 0 Å². The van der Waals surface area contributed by atoms with E-state index in [0.29, 0.717) is 5.82 Å². The number of hydrogen-bond acceptors (Lipinski definition) is 2. The molecule has 25 heavy (non-hydrogen) atoms. The van der Waals surface area contributed by atoms with E-state index in [1.807, 2.05) is 66.7 Å². The maximum absolute atomic E-state index is 11.0. The van der Waals surface area contributed by atoms with E-state index in [0.717, 1.165) is 16.6 Å². The summed E-state index contributed by atoms with van der Waals surface area (Å²) < 4.78 is 2.14. The molecule has 0 radical (unpaired) electrons. The summed E-state index contributed by atoms with van der Waals surface area (Å²) in [5.74, 6) is 0.670. The molecule has 124 valence electrons. The van der Waals surface area contributed by atoms with E-state index in [1.54, 1.807) is 0 Å². The van der Waals surface area contributed by atoms with Crippen LogP contribution in [0, 0.1) is 0 Å². The Morgan fingerprint density at radius 1 is 0.760 bits per heavy atom. The first kappa shape index (κ1) is 15.6. The maximum atomic E-state index is 11.0. The molecule has 0 aliphatic carbocycles. The minimum absolute atomic E-state index is 0.0713. The number of fused-ring (bicyclic) bond motifs is 1. The normalized spacial score (nSPS) is 13.7. The summed E-state index contributed by atoms with van der Waals surface area (Å²) in [6, 6.07) is 28.1. The predicted octanol–water partition coefficient (Wildman–Crippen LogP) is 4.73. The van der Waals surface area contributed by atoms with Gasteiger partial charge in [-0.15, -0.1) is 0 Å². The van der Waals surface area contributed by atoms with Gasteiger partial charge in [0.25, 0.3) is 0 Å². The molecule has 1 aromatic heterocycles. The van der Waals surface area contributed by atoms with Gasteiger partial charge in [-0.2, -0.15) is 0 Å².